The molecule has 28 heavy (non-hydrogen) atoms. The van der Waals surface area contributed by atoms with E-state index in [0.29, 0.717) is 17.6 Å². The van der Waals surface area contributed by atoms with Gasteiger partial charge >= 0.3 is 0 Å². The van der Waals surface area contributed by atoms with Gasteiger partial charge < -0.3 is 5.32 Å². The number of nitrogens with one attached hydrogen (secondary N) is 1. The van der Waals surface area contributed by atoms with Crippen molar-refractivity contribution in [2.24, 2.45) is 0 Å². The van der Waals surface area contributed by atoms with Crippen molar-refractivity contribution in [2.75, 3.05) is 5.32 Å². The molecule has 3 aromatic carbocycles. The van der Waals surface area contributed by atoms with Crippen LogP contribution in [0, 0.1) is 0 Å². The van der Waals surface area contributed by atoms with E-state index in [1.165, 1.54) is 5.56 Å². The molecule has 0 saturated heterocycles. The fraction of sp³-hybridized carbons (Fsp3) is 0.0417. The highest BCUT2D eigenvalue weighted by Crippen LogP contribution is 2.25. The molecule has 0 unspecified atom stereocenters. The largest absolute Gasteiger partial charge is 0.329 e. The van der Waals surface area contributed by atoms with Gasteiger partial charge in [0.05, 0.1) is 0 Å². The van der Waals surface area contributed by atoms with E-state index in [4.69, 9.17) is 4.98 Å². The maximum absolute atomic E-state index is 4.69. The van der Waals surface area contributed by atoms with Crippen LogP contribution in [-0.4, -0.2) is 15.0 Å². The molecule has 0 fully saturated rings. The molecule has 0 aliphatic rings. The van der Waals surface area contributed by atoms with Gasteiger partial charge in [-0.2, -0.15) is 9.97 Å². The Morgan fingerprint density at radius 1 is 0.607 bits per heavy atom. The van der Waals surface area contributed by atoms with Crippen molar-refractivity contribution in [3.05, 3.63) is 97.2 Å². The summed E-state index contributed by atoms with van der Waals surface area (Å²) < 4.78 is 0. The third kappa shape index (κ3) is 3.96. The van der Waals surface area contributed by atoms with Crippen LogP contribution in [0.25, 0.3) is 33.9 Å². The smallest absolute Gasteiger partial charge is 0.231 e. The fourth-order valence-electron chi connectivity index (χ4n) is 2.91. The molecule has 1 aromatic heterocycles. The second kappa shape index (κ2) is 7.84. The normalized spacial score (nSPS) is 10.5. The van der Waals surface area contributed by atoms with E-state index in [1.807, 2.05) is 67.6 Å². The lowest BCUT2D eigenvalue weighted by Crippen LogP contribution is -2.04. The Bertz CT molecular complexity index is 1090. The number of anilines is 1. The fourth-order valence-corrected chi connectivity index (χ4v) is 2.91. The summed E-state index contributed by atoms with van der Waals surface area (Å²) in [5.41, 5.74) is 4.98. The van der Waals surface area contributed by atoms with Gasteiger partial charge in [0, 0.05) is 16.8 Å². The summed E-state index contributed by atoms with van der Waals surface area (Å²) in [4.78, 5) is 13.8. The van der Waals surface area contributed by atoms with Gasteiger partial charge in [0.1, 0.15) is 0 Å². The number of hydrogen-bond acceptors (Lipinski definition) is 4. The van der Waals surface area contributed by atoms with Gasteiger partial charge in [-0.1, -0.05) is 91.5 Å². The Morgan fingerprint density at radius 2 is 1.04 bits per heavy atom. The highest BCUT2D eigenvalue weighted by Gasteiger charge is 2.10. The molecule has 0 amide bonds. The topological polar surface area (TPSA) is 50.7 Å². The van der Waals surface area contributed by atoms with Gasteiger partial charge in [0.2, 0.25) is 5.95 Å². The Morgan fingerprint density at radius 3 is 1.57 bits per heavy atom. The molecule has 136 valence electrons. The quantitative estimate of drug-likeness (QED) is 0.485. The lowest BCUT2D eigenvalue weighted by molar-refractivity contribution is 1.06. The van der Waals surface area contributed by atoms with Crippen LogP contribution in [0.1, 0.15) is 6.92 Å². The summed E-state index contributed by atoms with van der Waals surface area (Å²) >= 11 is 0. The third-order valence-electron chi connectivity index (χ3n) is 4.24. The summed E-state index contributed by atoms with van der Waals surface area (Å²) in [6, 6.07) is 28.4. The van der Waals surface area contributed by atoms with Crippen LogP contribution in [-0.2, 0) is 0 Å². The molecule has 4 rings (SSSR count). The van der Waals surface area contributed by atoms with Gasteiger partial charge in [-0.05, 0) is 18.1 Å². The lowest BCUT2D eigenvalue weighted by Gasteiger charge is -2.09. The van der Waals surface area contributed by atoms with Crippen LogP contribution in [0.5, 0.6) is 0 Å². The zero-order valence-corrected chi connectivity index (χ0v) is 15.6. The lowest BCUT2D eigenvalue weighted by atomic mass is 10.0. The van der Waals surface area contributed by atoms with E-state index >= 15 is 0 Å². The van der Waals surface area contributed by atoms with Crippen molar-refractivity contribution in [3.63, 3.8) is 0 Å². The van der Waals surface area contributed by atoms with E-state index in [9.17, 15) is 0 Å². The maximum Gasteiger partial charge on any atom is 0.231 e. The highest BCUT2D eigenvalue weighted by atomic mass is 15.2. The van der Waals surface area contributed by atoms with E-state index < -0.39 is 0 Å². The average Bonchev–Trinajstić information content (AvgIpc) is 2.74. The SMILES string of the molecule is C=C(C)Nc1nc(-c2ccccc2)nc(-c2ccc(-c3ccccc3)cc2)n1. The van der Waals surface area contributed by atoms with Crippen LogP contribution < -0.4 is 5.32 Å². The van der Waals surface area contributed by atoms with Crippen molar-refractivity contribution in [1.29, 1.82) is 0 Å². The summed E-state index contributed by atoms with van der Waals surface area (Å²) in [5.74, 6) is 1.74. The molecule has 0 bridgehead atoms. The van der Waals surface area contributed by atoms with E-state index in [1.54, 1.807) is 0 Å². The minimum Gasteiger partial charge on any atom is -0.329 e. The van der Waals surface area contributed by atoms with Crippen molar-refractivity contribution in [2.45, 2.75) is 6.92 Å². The molecule has 4 aromatic rings. The Balaban J connectivity index is 1.75. The Kier molecular flexibility index (Phi) is 4.93. The molecule has 0 saturated carbocycles. The maximum atomic E-state index is 4.69. The molecule has 0 aliphatic heterocycles. The van der Waals surface area contributed by atoms with Crippen LogP contribution in [0.15, 0.2) is 97.2 Å². The Labute approximate surface area is 164 Å². The predicted octanol–water partition coefficient (Wildman–Crippen LogP) is 5.82. The van der Waals surface area contributed by atoms with Gasteiger partial charge in [0.15, 0.2) is 11.6 Å². The van der Waals surface area contributed by atoms with Crippen LogP contribution in [0.2, 0.25) is 0 Å². The molecule has 0 atom stereocenters. The molecule has 1 heterocycles. The van der Waals surface area contributed by atoms with Gasteiger partial charge in [-0.3, -0.25) is 0 Å². The summed E-state index contributed by atoms with van der Waals surface area (Å²) in [6.45, 7) is 5.76. The van der Waals surface area contributed by atoms with Crippen LogP contribution in [0.3, 0.4) is 0 Å². The zero-order chi connectivity index (χ0) is 19.3. The standard InChI is InChI=1S/C24H20N4/c1-17(2)25-24-27-22(20-11-7-4-8-12-20)26-23(28-24)21-15-13-19(14-16-21)18-9-5-3-6-10-18/h3-16H,1H2,2H3,(H,25,26,27,28). The summed E-state index contributed by atoms with van der Waals surface area (Å²) in [6.07, 6.45) is 0. The van der Waals surface area contributed by atoms with E-state index in [2.05, 4.69) is 46.1 Å². The van der Waals surface area contributed by atoms with Crippen molar-refractivity contribution in [3.8, 4) is 33.9 Å². The van der Waals surface area contributed by atoms with Crippen molar-refractivity contribution >= 4 is 5.95 Å². The second-order valence-corrected chi connectivity index (χ2v) is 6.52. The first-order valence-electron chi connectivity index (χ1n) is 9.09. The third-order valence-corrected chi connectivity index (χ3v) is 4.24. The van der Waals surface area contributed by atoms with Gasteiger partial charge in [0.25, 0.3) is 0 Å². The number of benzene rings is 3. The number of allylic oxidation sites excluding steroid dienone is 1. The summed E-state index contributed by atoms with van der Waals surface area (Å²) in [5, 5.41) is 3.11. The van der Waals surface area contributed by atoms with Crippen molar-refractivity contribution < 1.29 is 0 Å². The average molecular weight is 364 g/mol. The molecule has 4 nitrogen and oxygen atoms in total. The first-order chi connectivity index (χ1) is 13.7. The molecule has 0 radical (unpaired) electrons. The molecule has 0 aliphatic carbocycles. The number of aromatic nitrogens is 3. The van der Waals surface area contributed by atoms with Gasteiger partial charge in [-0.25, -0.2) is 4.98 Å². The minimum absolute atomic E-state index is 0.489. The van der Waals surface area contributed by atoms with Crippen LogP contribution in [0.4, 0.5) is 5.95 Å². The van der Waals surface area contributed by atoms with Crippen molar-refractivity contribution in [1.82, 2.24) is 15.0 Å². The summed E-state index contributed by atoms with van der Waals surface area (Å²) in [7, 11) is 0. The Hall–Kier alpha value is -3.79. The first kappa shape index (κ1) is 17.6. The predicted molar refractivity (Wildman–Crippen MR) is 115 cm³/mol. The molecule has 1 N–H and O–H groups in total. The van der Waals surface area contributed by atoms with E-state index in [0.717, 1.165) is 22.4 Å². The van der Waals surface area contributed by atoms with Gasteiger partial charge in [-0.15, -0.1) is 0 Å². The molecule has 4 heteroatoms. The van der Waals surface area contributed by atoms with E-state index in [-0.39, 0.29) is 0 Å². The van der Waals surface area contributed by atoms with Crippen LogP contribution >= 0.6 is 0 Å². The number of hydrogen-bond donors (Lipinski definition) is 1. The number of rotatable bonds is 5. The zero-order valence-electron chi connectivity index (χ0n) is 15.6. The monoisotopic (exact) mass is 364 g/mol. The number of nitrogens with zero attached hydrogens (tertiary/aromatic N) is 3. The molecular weight excluding hydrogens is 344 g/mol. The first-order valence-corrected chi connectivity index (χ1v) is 9.09. The molecule has 0 spiro atoms. The minimum atomic E-state index is 0.489. The highest BCUT2D eigenvalue weighted by molar-refractivity contribution is 5.69. The second-order valence-electron chi connectivity index (χ2n) is 6.52. The molecular formula is C24H20N4.